The minimum absolute atomic E-state index is 0.0135. The summed E-state index contributed by atoms with van der Waals surface area (Å²) in [5.74, 6) is 0. The third-order valence-electron chi connectivity index (χ3n) is 3.63. The first-order chi connectivity index (χ1) is 8.99. The quantitative estimate of drug-likeness (QED) is 0.612. The zero-order valence-electron chi connectivity index (χ0n) is 11.5. The van der Waals surface area contributed by atoms with Crippen LogP contribution in [0.5, 0.6) is 0 Å². The molecule has 0 saturated carbocycles. The summed E-state index contributed by atoms with van der Waals surface area (Å²) >= 11 is 10.2. The van der Waals surface area contributed by atoms with Crippen LogP contribution in [0, 0.1) is 20.8 Å². The second-order valence-corrected chi connectivity index (χ2v) is 6.43. The first kappa shape index (κ1) is 14.6. The van der Waals surface area contributed by atoms with Crippen LogP contribution < -0.4 is 0 Å². The van der Waals surface area contributed by atoms with E-state index in [0.717, 1.165) is 10.9 Å². The molecule has 0 nitrogen and oxygen atoms in total. The van der Waals surface area contributed by atoms with Crippen molar-refractivity contribution in [3.63, 3.8) is 0 Å². The van der Waals surface area contributed by atoms with E-state index in [4.69, 9.17) is 11.6 Å². The maximum atomic E-state index is 6.59. The van der Waals surface area contributed by atoms with Gasteiger partial charge < -0.3 is 0 Å². The van der Waals surface area contributed by atoms with Gasteiger partial charge in [-0.3, -0.25) is 0 Å². The Morgan fingerprint density at radius 1 is 1.05 bits per heavy atom. The van der Waals surface area contributed by atoms with Crippen molar-refractivity contribution in [1.82, 2.24) is 0 Å². The lowest BCUT2D eigenvalue weighted by molar-refractivity contribution is 0.906. The molecule has 2 rings (SSSR count). The molecule has 0 N–H and O–H groups in total. The molecule has 2 aromatic rings. The Morgan fingerprint density at radius 2 is 1.79 bits per heavy atom. The maximum absolute atomic E-state index is 6.59. The molecule has 0 spiro atoms. The second-order valence-electron chi connectivity index (χ2n) is 5.04. The molecule has 1 unspecified atom stereocenters. The number of halogens is 2. The summed E-state index contributed by atoms with van der Waals surface area (Å²) in [4.78, 5) is 0. The highest BCUT2D eigenvalue weighted by molar-refractivity contribution is 9.10. The number of benzene rings is 2. The third-order valence-corrected chi connectivity index (χ3v) is 4.88. The summed E-state index contributed by atoms with van der Waals surface area (Å²) in [7, 11) is 0. The Labute approximate surface area is 128 Å². The van der Waals surface area contributed by atoms with Gasteiger partial charge in [-0.2, -0.15) is 0 Å². The topological polar surface area (TPSA) is 0 Å². The van der Waals surface area contributed by atoms with Gasteiger partial charge in [0.1, 0.15) is 0 Å². The highest BCUT2D eigenvalue weighted by Gasteiger charge is 2.13. The predicted molar refractivity (Wildman–Crippen MR) is 87.1 cm³/mol. The molecule has 0 fully saturated rings. The molecule has 0 aromatic heterocycles. The number of rotatable bonds is 3. The van der Waals surface area contributed by atoms with Crippen molar-refractivity contribution >= 4 is 27.5 Å². The lowest BCUT2D eigenvalue weighted by Gasteiger charge is -2.14. The molecular weight excluding hydrogens is 320 g/mol. The number of hydrogen-bond donors (Lipinski definition) is 0. The Hall–Kier alpha value is -0.790. The summed E-state index contributed by atoms with van der Waals surface area (Å²) in [5.41, 5.74) is 6.38. The summed E-state index contributed by atoms with van der Waals surface area (Å²) in [6, 6.07) is 12.8. The lowest BCUT2D eigenvalue weighted by atomic mass is 9.98. The van der Waals surface area contributed by atoms with Crippen LogP contribution in [0.2, 0.25) is 0 Å². The lowest BCUT2D eigenvalue weighted by Crippen LogP contribution is -1.99. The fraction of sp³-hybridized carbons (Fsp3) is 0.294. The Morgan fingerprint density at radius 3 is 2.47 bits per heavy atom. The van der Waals surface area contributed by atoms with E-state index in [-0.39, 0.29) is 5.38 Å². The molecule has 0 saturated heterocycles. The van der Waals surface area contributed by atoms with E-state index in [9.17, 15) is 0 Å². The zero-order valence-corrected chi connectivity index (χ0v) is 13.8. The van der Waals surface area contributed by atoms with Gasteiger partial charge in [0.25, 0.3) is 0 Å². The fourth-order valence-corrected chi connectivity index (χ4v) is 3.01. The highest BCUT2D eigenvalue weighted by atomic mass is 79.9. The van der Waals surface area contributed by atoms with Gasteiger partial charge in [-0.05, 0) is 61.1 Å². The minimum atomic E-state index is 0.0135. The molecule has 1 atom stereocenters. The smallest absolute Gasteiger partial charge is 0.0628 e. The van der Waals surface area contributed by atoms with Gasteiger partial charge >= 0.3 is 0 Å². The van der Waals surface area contributed by atoms with Crippen molar-refractivity contribution in [1.29, 1.82) is 0 Å². The van der Waals surface area contributed by atoms with Gasteiger partial charge in [-0.1, -0.05) is 46.3 Å². The Kier molecular flexibility index (Phi) is 4.70. The van der Waals surface area contributed by atoms with Gasteiger partial charge in [0, 0.05) is 4.47 Å². The van der Waals surface area contributed by atoms with Crippen molar-refractivity contribution < 1.29 is 0 Å². The van der Waals surface area contributed by atoms with Gasteiger partial charge in [-0.25, -0.2) is 0 Å². The molecular formula is C17H18BrCl. The number of aryl methyl sites for hydroxylation is 2. The van der Waals surface area contributed by atoms with Crippen LogP contribution in [0.1, 0.15) is 33.2 Å². The molecule has 0 aliphatic heterocycles. The molecule has 0 radical (unpaired) electrons. The molecule has 2 heteroatoms. The van der Waals surface area contributed by atoms with Gasteiger partial charge in [0.2, 0.25) is 0 Å². The monoisotopic (exact) mass is 336 g/mol. The van der Waals surface area contributed by atoms with E-state index in [1.807, 2.05) is 6.07 Å². The first-order valence-electron chi connectivity index (χ1n) is 6.44. The van der Waals surface area contributed by atoms with Gasteiger partial charge in [0.15, 0.2) is 0 Å². The van der Waals surface area contributed by atoms with Crippen molar-refractivity contribution in [3.8, 4) is 0 Å². The highest BCUT2D eigenvalue weighted by Crippen LogP contribution is 2.31. The number of alkyl halides is 1. The average Bonchev–Trinajstić information content (AvgIpc) is 2.37. The predicted octanol–water partition coefficient (Wildman–Crippen LogP) is 5.90. The van der Waals surface area contributed by atoms with E-state index in [1.165, 1.54) is 27.8 Å². The van der Waals surface area contributed by atoms with Crippen molar-refractivity contribution in [2.75, 3.05) is 0 Å². The Balaban J connectivity index is 2.23. The van der Waals surface area contributed by atoms with Crippen LogP contribution in [-0.2, 0) is 6.42 Å². The van der Waals surface area contributed by atoms with Gasteiger partial charge in [0.05, 0.1) is 5.38 Å². The summed E-state index contributed by atoms with van der Waals surface area (Å²) < 4.78 is 1.12. The van der Waals surface area contributed by atoms with Crippen LogP contribution in [-0.4, -0.2) is 0 Å². The molecule has 0 aliphatic rings. The molecule has 0 bridgehead atoms. The van der Waals surface area contributed by atoms with Crippen molar-refractivity contribution in [2.24, 2.45) is 0 Å². The second kappa shape index (κ2) is 6.11. The van der Waals surface area contributed by atoms with E-state index in [0.29, 0.717) is 0 Å². The van der Waals surface area contributed by atoms with Crippen LogP contribution in [0.4, 0.5) is 0 Å². The van der Waals surface area contributed by atoms with Crippen molar-refractivity contribution in [2.45, 2.75) is 32.6 Å². The molecule has 2 aromatic carbocycles. The van der Waals surface area contributed by atoms with Crippen molar-refractivity contribution in [3.05, 3.63) is 68.7 Å². The SMILES string of the molecule is Cc1ccc(CC(Cl)c2cccc(Br)c2C)cc1C. The summed E-state index contributed by atoms with van der Waals surface area (Å²) in [6.07, 6.45) is 0.861. The van der Waals surface area contributed by atoms with E-state index in [2.05, 4.69) is 67.0 Å². The average molecular weight is 338 g/mol. The minimum Gasteiger partial charge on any atom is -0.117 e. The molecule has 0 heterocycles. The normalized spacial score (nSPS) is 12.5. The largest absolute Gasteiger partial charge is 0.117 e. The van der Waals surface area contributed by atoms with Crippen LogP contribution in [0.3, 0.4) is 0 Å². The van der Waals surface area contributed by atoms with Crippen LogP contribution >= 0.6 is 27.5 Å². The molecule has 0 amide bonds. The Bertz CT molecular complexity index is 590. The summed E-state index contributed by atoms with van der Waals surface area (Å²) in [5, 5.41) is 0.0135. The van der Waals surface area contributed by atoms with Gasteiger partial charge in [-0.15, -0.1) is 11.6 Å². The standard InChI is InChI=1S/C17H18BrCl/c1-11-7-8-14(9-12(11)2)10-17(19)15-5-4-6-16(18)13(15)3/h4-9,17H,10H2,1-3H3. The van der Waals surface area contributed by atoms with E-state index < -0.39 is 0 Å². The number of hydrogen-bond acceptors (Lipinski definition) is 0. The maximum Gasteiger partial charge on any atom is 0.0628 e. The molecule has 19 heavy (non-hydrogen) atoms. The van der Waals surface area contributed by atoms with Crippen LogP contribution in [0.15, 0.2) is 40.9 Å². The molecule has 100 valence electrons. The zero-order chi connectivity index (χ0) is 14.0. The molecule has 0 aliphatic carbocycles. The van der Waals surface area contributed by atoms with E-state index in [1.54, 1.807) is 0 Å². The van der Waals surface area contributed by atoms with Crippen LogP contribution in [0.25, 0.3) is 0 Å². The third kappa shape index (κ3) is 3.40. The fourth-order valence-electron chi connectivity index (χ4n) is 2.21. The first-order valence-corrected chi connectivity index (χ1v) is 7.67. The van der Waals surface area contributed by atoms with E-state index >= 15 is 0 Å². The summed E-state index contributed by atoms with van der Waals surface area (Å²) in [6.45, 7) is 6.39.